The van der Waals surface area contributed by atoms with Gasteiger partial charge in [0.2, 0.25) is 5.91 Å². The Bertz CT molecular complexity index is 307. The summed E-state index contributed by atoms with van der Waals surface area (Å²) in [4.78, 5) is 22.4. The van der Waals surface area contributed by atoms with Crippen LogP contribution in [-0.4, -0.2) is 22.5 Å². The molecule has 1 atom stereocenters. The van der Waals surface area contributed by atoms with E-state index in [-0.39, 0.29) is 0 Å². The average molecular weight is 225 g/mol. The molecule has 0 fully saturated rings. The van der Waals surface area contributed by atoms with E-state index in [2.05, 4.69) is 5.32 Å². The molecule has 0 saturated heterocycles. The van der Waals surface area contributed by atoms with Gasteiger partial charge >= 0.3 is 5.97 Å². The topological polar surface area (TPSA) is 66.4 Å². The van der Waals surface area contributed by atoms with Gasteiger partial charge in [-0.25, -0.2) is 4.79 Å². The van der Waals surface area contributed by atoms with Gasteiger partial charge in [-0.05, 0) is 20.3 Å². The quantitative estimate of drug-likeness (QED) is 0.535. The summed E-state index contributed by atoms with van der Waals surface area (Å²) >= 11 is 0. The van der Waals surface area contributed by atoms with Crippen LogP contribution in [0.15, 0.2) is 24.3 Å². The van der Waals surface area contributed by atoms with Crippen LogP contribution in [0.2, 0.25) is 0 Å². The minimum absolute atomic E-state index is 0.392. The van der Waals surface area contributed by atoms with E-state index in [1.807, 2.05) is 13.8 Å². The van der Waals surface area contributed by atoms with Gasteiger partial charge in [0.15, 0.2) is 0 Å². The number of hydrogen-bond acceptors (Lipinski definition) is 2. The van der Waals surface area contributed by atoms with Crippen molar-refractivity contribution >= 4 is 11.9 Å². The first kappa shape index (κ1) is 14.4. The van der Waals surface area contributed by atoms with E-state index in [9.17, 15) is 9.59 Å². The molecule has 4 heteroatoms. The molecule has 0 aliphatic heterocycles. The third-order valence-corrected chi connectivity index (χ3v) is 2.17. The Morgan fingerprint density at radius 1 is 1.38 bits per heavy atom. The molecule has 0 aromatic rings. The number of allylic oxidation sites excluding steroid dienone is 3. The molecule has 0 aromatic carbocycles. The van der Waals surface area contributed by atoms with E-state index in [0.29, 0.717) is 12.8 Å². The summed E-state index contributed by atoms with van der Waals surface area (Å²) in [5.74, 6) is -1.40. The second kappa shape index (κ2) is 6.82. The van der Waals surface area contributed by atoms with E-state index in [0.717, 1.165) is 0 Å². The lowest BCUT2D eigenvalue weighted by Gasteiger charge is -2.24. The van der Waals surface area contributed by atoms with Gasteiger partial charge in [-0.15, -0.1) is 0 Å². The number of hydrogen-bond donors (Lipinski definition) is 2. The Morgan fingerprint density at radius 2 is 2.00 bits per heavy atom. The van der Waals surface area contributed by atoms with Crippen LogP contribution in [0.4, 0.5) is 0 Å². The average Bonchev–Trinajstić information content (AvgIpc) is 2.18. The molecular formula is C12H19NO3. The van der Waals surface area contributed by atoms with E-state index >= 15 is 0 Å². The molecule has 4 nitrogen and oxygen atoms in total. The fraction of sp³-hybridized carbons (Fsp3) is 0.500. The first-order chi connectivity index (χ1) is 7.46. The molecule has 0 bridgehead atoms. The Kier molecular flexibility index (Phi) is 6.15. The number of amides is 1. The zero-order chi connectivity index (χ0) is 12.6. The number of carbonyl (C=O) groups is 2. The van der Waals surface area contributed by atoms with Crippen LogP contribution in [-0.2, 0) is 9.59 Å². The Morgan fingerprint density at radius 3 is 2.44 bits per heavy atom. The second-order valence-electron chi connectivity index (χ2n) is 3.76. The van der Waals surface area contributed by atoms with E-state index in [1.165, 1.54) is 13.0 Å². The number of carboxylic acid groups (broad SMARTS) is 1. The van der Waals surface area contributed by atoms with Crippen LogP contribution in [0.25, 0.3) is 0 Å². The SMILES string of the molecule is C/C=C/C=C/C(=O)NC(C)(CCC)C(=O)O. The molecule has 90 valence electrons. The van der Waals surface area contributed by atoms with Gasteiger partial charge < -0.3 is 10.4 Å². The van der Waals surface area contributed by atoms with Crippen LogP contribution in [0.3, 0.4) is 0 Å². The van der Waals surface area contributed by atoms with Crippen molar-refractivity contribution in [2.24, 2.45) is 0 Å². The molecular weight excluding hydrogens is 206 g/mol. The smallest absolute Gasteiger partial charge is 0.329 e. The van der Waals surface area contributed by atoms with Gasteiger partial charge in [0, 0.05) is 6.08 Å². The number of carbonyl (C=O) groups excluding carboxylic acids is 1. The molecule has 0 heterocycles. The highest BCUT2D eigenvalue weighted by atomic mass is 16.4. The third-order valence-electron chi connectivity index (χ3n) is 2.17. The summed E-state index contributed by atoms with van der Waals surface area (Å²) in [7, 11) is 0. The molecule has 0 rings (SSSR count). The zero-order valence-electron chi connectivity index (χ0n) is 9.99. The highest BCUT2D eigenvalue weighted by Crippen LogP contribution is 2.12. The summed E-state index contributed by atoms with van der Waals surface area (Å²) in [6, 6.07) is 0. The van der Waals surface area contributed by atoms with Crippen LogP contribution >= 0.6 is 0 Å². The number of aliphatic carboxylic acids is 1. The summed E-state index contributed by atoms with van der Waals surface area (Å²) in [6.07, 6.45) is 7.48. The maximum Gasteiger partial charge on any atom is 0.329 e. The van der Waals surface area contributed by atoms with Crippen LogP contribution in [0, 0.1) is 0 Å². The maximum absolute atomic E-state index is 11.4. The number of nitrogens with one attached hydrogen (secondary N) is 1. The zero-order valence-corrected chi connectivity index (χ0v) is 9.99. The van der Waals surface area contributed by atoms with Crippen molar-refractivity contribution in [3.05, 3.63) is 24.3 Å². The maximum atomic E-state index is 11.4. The fourth-order valence-electron chi connectivity index (χ4n) is 1.29. The normalized spacial score (nSPS) is 15.2. The van der Waals surface area contributed by atoms with Crippen LogP contribution < -0.4 is 5.32 Å². The largest absolute Gasteiger partial charge is 0.480 e. The molecule has 0 saturated carbocycles. The molecule has 16 heavy (non-hydrogen) atoms. The minimum Gasteiger partial charge on any atom is -0.480 e. The van der Waals surface area contributed by atoms with Gasteiger partial charge in [0.05, 0.1) is 0 Å². The van der Waals surface area contributed by atoms with Crippen molar-refractivity contribution in [2.75, 3.05) is 0 Å². The van der Waals surface area contributed by atoms with Crippen LogP contribution in [0.5, 0.6) is 0 Å². The molecule has 0 aliphatic rings. The highest BCUT2D eigenvalue weighted by molar-refractivity contribution is 5.93. The second-order valence-corrected chi connectivity index (χ2v) is 3.76. The minimum atomic E-state index is -1.19. The molecule has 1 unspecified atom stereocenters. The molecule has 0 aliphatic carbocycles. The predicted octanol–water partition coefficient (Wildman–Crippen LogP) is 1.88. The molecule has 1 amide bonds. The van der Waals surface area contributed by atoms with Crippen molar-refractivity contribution in [3.63, 3.8) is 0 Å². The van der Waals surface area contributed by atoms with Crippen molar-refractivity contribution in [3.8, 4) is 0 Å². The molecule has 0 aromatic heterocycles. The van der Waals surface area contributed by atoms with Crippen molar-refractivity contribution < 1.29 is 14.7 Å². The van der Waals surface area contributed by atoms with Crippen LogP contribution in [0.1, 0.15) is 33.6 Å². The number of rotatable bonds is 6. The van der Waals surface area contributed by atoms with Gasteiger partial charge in [0.1, 0.15) is 5.54 Å². The first-order valence-corrected chi connectivity index (χ1v) is 5.31. The van der Waals surface area contributed by atoms with E-state index < -0.39 is 17.4 Å². The lowest BCUT2D eigenvalue weighted by atomic mass is 9.96. The van der Waals surface area contributed by atoms with Gasteiger partial charge in [-0.1, -0.05) is 31.6 Å². The standard InChI is InChI=1S/C12H19NO3/c1-4-6-7-8-10(14)13-12(3,9-5-2)11(15)16/h4,6-8H,5,9H2,1-3H3,(H,13,14)(H,15,16)/b6-4+,8-7+. The van der Waals surface area contributed by atoms with Crippen molar-refractivity contribution in [1.29, 1.82) is 0 Å². The van der Waals surface area contributed by atoms with Gasteiger partial charge in [-0.3, -0.25) is 4.79 Å². The van der Waals surface area contributed by atoms with Gasteiger partial charge in [0.25, 0.3) is 0 Å². The summed E-state index contributed by atoms with van der Waals surface area (Å²) in [5, 5.41) is 11.5. The third kappa shape index (κ3) is 4.77. The van der Waals surface area contributed by atoms with Gasteiger partial charge in [-0.2, -0.15) is 0 Å². The van der Waals surface area contributed by atoms with E-state index in [1.54, 1.807) is 18.2 Å². The summed E-state index contributed by atoms with van der Waals surface area (Å²) in [5.41, 5.74) is -1.19. The Labute approximate surface area is 96.0 Å². The summed E-state index contributed by atoms with van der Waals surface area (Å²) in [6.45, 7) is 5.23. The lowest BCUT2D eigenvalue weighted by molar-refractivity contribution is -0.146. The lowest BCUT2D eigenvalue weighted by Crippen LogP contribution is -2.51. The van der Waals surface area contributed by atoms with Crippen molar-refractivity contribution in [1.82, 2.24) is 5.32 Å². The monoisotopic (exact) mass is 225 g/mol. The number of carboxylic acids is 1. The Hall–Kier alpha value is -1.58. The fourth-order valence-corrected chi connectivity index (χ4v) is 1.29. The van der Waals surface area contributed by atoms with E-state index in [4.69, 9.17) is 5.11 Å². The predicted molar refractivity (Wildman–Crippen MR) is 63.0 cm³/mol. The molecule has 0 radical (unpaired) electrons. The Balaban J connectivity index is 4.52. The summed E-state index contributed by atoms with van der Waals surface area (Å²) < 4.78 is 0. The molecule has 2 N–H and O–H groups in total. The highest BCUT2D eigenvalue weighted by Gasteiger charge is 2.32. The first-order valence-electron chi connectivity index (χ1n) is 5.31. The molecule has 0 spiro atoms. The van der Waals surface area contributed by atoms with Crippen molar-refractivity contribution in [2.45, 2.75) is 39.2 Å².